The molecule has 0 bridgehead atoms. The van der Waals surface area contributed by atoms with E-state index in [0.29, 0.717) is 28.4 Å². The number of fused-ring (bicyclic) bond motifs is 1. The molecule has 0 spiro atoms. The Hall–Kier alpha value is -5.40. The molecule has 2 saturated carbocycles. The number of unbranched alkanes of at least 4 members (excludes halogenated alkanes) is 1. The highest BCUT2D eigenvalue weighted by Crippen LogP contribution is 2.47. The van der Waals surface area contributed by atoms with Crippen molar-refractivity contribution in [1.82, 2.24) is 34.6 Å². The Balaban J connectivity index is -0.000000422. The molecule has 0 aliphatic heterocycles. The summed E-state index contributed by atoms with van der Waals surface area (Å²) in [7, 11) is 6.31. The fourth-order valence-electron chi connectivity index (χ4n) is 5.71. The van der Waals surface area contributed by atoms with Crippen molar-refractivity contribution in [1.29, 1.82) is 0 Å². The van der Waals surface area contributed by atoms with Crippen LogP contribution >= 0.6 is 11.9 Å². The molecule has 0 radical (unpaired) electrons. The number of methoxy groups -OCH3 is 1. The normalized spacial score (nSPS) is 15.5. The van der Waals surface area contributed by atoms with E-state index in [4.69, 9.17) is 15.2 Å². The highest BCUT2D eigenvalue weighted by molar-refractivity contribution is 7.99. The van der Waals surface area contributed by atoms with Crippen LogP contribution in [0.2, 0.25) is 0 Å². The van der Waals surface area contributed by atoms with Gasteiger partial charge in [0.2, 0.25) is 23.6 Å². The van der Waals surface area contributed by atoms with Crippen LogP contribution in [-0.2, 0) is 25.7 Å². The number of nitrogens with zero attached hydrogens (tertiary/aromatic N) is 4. The van der Waals surface area contributed by atoms with Gasteiger partial charge < -0.3 is 46.3 Å². The second-order valence-electron chi connectivity index (χ2n) is 15.4. The van der Waals surface area contributed by atoms with Crippen molar-refractivity contribution in [2.24, 2.45) is 17.6 Å². The lowest BCUT2D eigenvalue weighted by molar-refractivity contribution is -0.137. The molecule has 2 heterocycles. The summed E-state index contributed by atoms with van der Waals surface area (Å²) in [6.07, 6.45) is 12.2. The standard InChI is InChI=1S/C15H24N6O4.C14H17NO3.C13H21NOS.C2H6.2H2O.3H2/c1-5-11(14(16)24)20(4)12(22)8-17-15(25)10-6-7-21(18-10)9-13(23)19(2)3;1-8(2)18-13-7-11(16)10-5-6-12(17-4)9(3)14(10)15-13;1-3-4-5-6-10-9-11(10)12(15)14-16-13(2)7-8-13;1-2;;;;;/h6-7,11H,5,8-9H2,1-4H3,(H2,16,24)(H,17,25);5-8H,1-4H3,(H,15,16);5-6,10-11H,3-4,7-9H2,1-2H3,(H,14,15);1-2H3;2*1H2;3*1H/b;;6-5-;;;;;;. The predicted octanol–water partition coefficient (Wildman–Crippen LogP) is 4.47. The second kappa shape index (κ2) is 27.6. The van der Waals surface area contributed by atoms with Gasteiger partial charge in [0, 0.05) is 59.3 Å². The molecule has 19 heteroatoms. The molecular formula is C44H78N8O10S. The molecule has 0 saturated heterocycles. The van der Waals surface area contributed by atoms with Crippen molar-refractivity contribution < 1.29 is 48.7 Å². The van der Waals surface area contributed by atoms with E-state index in [9.17, 15) is 28.8 Å². The average molecular weight is 911 g/mol. The van der Waals surface area contributed by atoms with Crippen LogP contribution in [0.3, 0.4) is 0 Å². The highest BCUT2D eigenvalue weighted by atomic mass is 32.2. The lowest BCUT2D eigenvalue weighted by Crippen LogP contribution is -2.48. The minimum atomic E-state index is -0.722. The molecule has 360 valence electrons. The van der Waals surface area contributed by atoms with Gasteiger partial charge in [-0.3, -0.25) is 38.2 Å². The molecule has 3 unspecified atom stereocenters. The quantitative estimate of drug-likeness (QED) is 0.109. The third kappa shape index (κ3) is 18.5. The lowest BCUT2D eigenvalue weighted by atomic mass is 10.1. The number of carbonyl (C=O) groups is 5. The number of rotatable bonds is 17. The molecule has 2 fully saturated rings. The Morgan fingerprint density at radius 2 is 1.75 bits per heavy atom. The van der Waals surface area contributed by atoms with Gasteiger partial charge in [0.05, 0.1) is 25.3 Å². The zero-order valence-electron chi connectivity index (χ0n) is 39.0. The monoisotopic (exact) mass is 911 g/mol. The molecule has 3 aromatic rings. The summed E-state index contributed by atoms with van der Waals surface area (Å²) < 4.78 is 15.5. The third-order valence-corrected chi connectivity index (χ3v) is 11.0. The first-order chi connectivity index (χ1) is 28.8. The SMILES string of the molecule is CC.CCC(C(N)=O)N(C)C(=O)CNC(=O)c1ccn(CC(=O)N(C)C)n1.CCC/C=C\C1CC1C(=O)NSC1(C)CC1.COc1ccc2c(=O)cc(OC(C)C)[nH]c2c1C.O.O.[HH].[HH].[HH]. The number of aromatic amines is 1. The Morgan fingerprint density at radius 3 is 2.29 bits per heavy atom. The van der Waals surface area contributed by atoms with Crippen molar-refractivity contribution in [3.05, 3.63) is 64.1 Å². The molecule has 2 aromatic heterocycles. The van der Waals surface area contributed by atoms with Crippen LogP contribution in [-0.4, -0.2) is 117 Å². The molecule has 18 nitrogen and oxygen atoms in total. The van der Waals surface area contributed by atoms with E-state index in [0.717, 1.165) is 29.7 Å². The maximum atomic E-state index is 12.0. The highest BCUT2D eigenvalue weighted by Gasteiger charge is 2.44. The minimum absolute atomic E-state index is 0. The largest absolute Gasteiger partial charge is 0.496 e. The van der Waals surface area contributed by atoms with Gasteiger partial charge >= 0.3 is 0 Å². The van der Waals surface area contributed by atoms with Gasteiger partial charge in [0.15, 0.2) is 11.3 Å². The van der Waals surface area contributed by atoms with Gasteiger partial charge in [-0.2, -0.15) is 5.10 Å². The van der Waals surface area contributed by atoms with Crippen molar-refractivity contribution in [3.63, 3.8) is 0 Å². The first-order valence-corrected chi connectivity index (χ1v) is 21.7. The molecule has 63 heavy (non-hydrogen) atoms. The molecule has 1 aromatic carbocycles. The summed E-state index contributed by atoms with van der Waals surface area (Å²) >= 11 is 1.63. The van der Waals surface area contributed by atoms with Crippen molar-refractivity contribution in [2.75, 3.05) is 34.8 Å². The maximum Gasteiger partial charge on any atom is 0.272 e. The van der Waals surface area contributed by atoms with Gasteiger partial charge in [-0.05, 0) is 95.9 Å². The first kappa shape index (κ1) is 57.6. The fourth-order valence-corrected chi connectivity index (χ4v) is 6.51. The molecule has 2 aliphatic carbocycles. The van der Waals surface area contributed by atoms with Crippen molar-refractivity contribution >= 4 is 52.4 Å². The number of H-pyrrole nitrogens is 1. The Morgan fingerprint density at radius 1 is 1.10 bits per heavy atom. The van der Waals surface area contributed by atoms with E-state index in [-0.39, 0.29) is 63.3 Å². The van der Waals surface area contributed by atoms with Crippen LogP contribution in [0.15, 0.2) is 47.4 Å². The van der Waals surface area contributed by atoms with Crippen LogP contribution in [0, 0.1) is 18.8 Å². The number of benzene rings is 1. The number of allylic oxidation sites excluding steroid dienone is 2. The van der Waals surface area contributed by atoms with Crippen LogP contribution in [0.5, 0.6) is 11.6 Å². The van der Waals surface area contributed by atoms with Crippen LogP contribution in [0.1, 0.15) is 107 Å². The minimum Gasteiger partial charge on any atom is -0.496 e. The third-order valence-electron chi connectivity index (χ3n) is 9.79. The van der Waals surface area contributed by atoms with Gasteiger partial charge in [-0.25, -0.2) is 0 Å². The van der Waals surface area contributed by atoms with Gasteiger partial charge in [-0.15, -0.1) is 0 Å². The van der Waals surface area contributed by atoms with Gasteiger partial charge in [0.25, 0.3) is 5.91 Å². The number of nitrogens with two attached hydrogens (primary N) is 1. The summed E-state index contributed by atoms with van der Waals surface area (Å²) in [6.45, 7) is 15.6. The number of hydrogen-bond donors (Lipinski definition) is 4. The number of ether oxygens (including phenoxy) is 2. The average Bonchev–Trinajstić information content (AvgIpc) is 4.12. The van der Waals surface area contributed by atoms with E-state index in [1.165, 1.54) is 59.1 Å². The number of likely N-dealkylation sites (N-methyl/N-ethyl adjacent to an activating group) is 2. The van der Waals surface area contributed by atoms with E-state index < -0.39 is 23.8 Å². The lowest BCUT2D eigenvalue weighted by Gasteiger charge is -2.24. The Labute approximate surface area is 380 Å². The number of amides is 5. The molecule has 5 amide bonds. The number of aryl methyl sites for hydroxylation is 1. The van der Waals surface area contributed by atoms with Crippen molar-refractivity contribution in [2.45, 2.75) is 117 Å². The van der Waals surface area contributed by atoms with Crippen LogP contribution in [0.25, 0.3) is 10.9 Å². The summed E-state index contributed by atoms with van der Waals surface area (Å²) in [4.78, 5) is 76.5. The molecule has 3 atom stereocenters. The zero-order valence-corrected chi connectivity index (χ0v) is 39.9. The topological polar surface area (TPSA) is 274 Å². The van der Waals surface area contributed by atoms with E-state index >= 15 is 0 Å². The van der Waals surface area contributed by atoms with E-state index in [1.807, 2.05) is 34.6 Å². The van der Waals surface area contributed by atoms with Gasteiger partial charge in [0.1, 0.15) is 24.0 Å². The maximum absolute atomic E-state index is 12.0. The van der Waals surface area contributed by atoms with Crippen LogP contribution < -0.4 is 30.7 Å². The number of pyridine rings is 1. The molecule has 9 N–H and O–H groups in total. The molecule has 5 rings (SSSR count). The molecular weight excluding hydrogens is 833 g/mol. The number of aromatic nitrogens is 3. The summed E-state index contributed by atoms with van der Waals surface area (Å²) in [5.41, 5.74) is 6.93. The molecule has 2 aliphatic rings. The smallest absolute Gasteiger partial charge is 0.272 e. The predicted molar refractivity (Wildman–Crippen MR) is 255 cm³/mol. The first-order valence-electron chi connectivity index (χ1n) is 20.9. The number of nitrogens with one attached hydrogen (secondary N) is 3. The van der Waals surface area contributed by atoms with Crippen LogP contribution in [0.4, 0.5) is 0 Å². The number of primary amides is 1. The summed E-state index contributed by atoms with van der Waals surface area (Å²) in [5, 5.41) is 7.07. The Bertz CT molecular complexity index is 2050. The van der Waals surface area contributed by atoms with Gasteiger partial charge in [-0.1, -0.05) is 46.3 Å². The summed E-state index contributed by atoms with van der Waals surface area (Å²) in [5.74, 6) is 0.481. The van der Waals surface area contributed by atoms with E-state index in [2.05, 4.69) is 46.1 Å². The number of carbonyl (C=O) groups excluding carboxylic acids is 5. The summed E-state index contributed by atoms with van der Waals surface area (Å²) in [6, 6.07) is 5.77. The fraction of sp³-hybridized carbons (Fsp3) is 0.568. The van der Waals surface area contributed by atoms with Crippen molar-refractivity contribution in [3.8, 4) is 11.6 Å². The van der Waals surface area contributed by atoms with E-state index in [1.54, 1.807) is 52.2 Å². The number of hydrogen-bond acceptors (Lipinski definition) is 10. The zero-order chi connectivity index (χ0) is 46.0. The second-order valence-corrected chi connectivity index (χ2v) is 16.8. The Kier molecular flexibility index (Phi) is 25.2.